The predicted octanol–water partition coefficient (Wildman–Crippen LogP) is 1.42. The van der Waals surface area contributed by atoms with Crippen molar-refractivity contribution in [3.8, 4) is 5.75 Å². The monoisotopic (exact) mass is 367 g/mol. The summed E-state index contributed by atoms with van der Waals surface area (Å²) >= 11 is 0. The summed E-state index contributed by atoms with van der Waals surface area (Å²) in [6.07, 6.45) is 1.06. The largest absolute Gasteiger partial charge is 0.484 e. The molecule has 146 valence electrons. The number of aliphatic hydroxyl groups excluding tert-OH is 1. The van der Waals surface area contributed by atoms with E-state index < -0.39 is 0 Å². The number of aryl methyl sites for hydroxylation is 1. The van der Waals surface area contributed by atoms with Crippen LogP contribution in [0.3, 0.4) is 0 Å². The fourth-order valence-electron chi connectivity index (χ4n) is 2.22. The molecule has 0 heterocycles. The number of nitrogens with zero attached hydrogens (tertiary/aromatic N) is 1. The smallest absolute Gasteiger partial charge is 0.307 e. The number of carbonyl (C=O) groups is 2. The number of carbonyl (C=O) groups excluding carboxylic acids is 2. The van der Waals surface area contributed by atoms with Crippen molar-refractivity contribution >= 4 is 11.9 Å². The van der Waals surface area contributed by atoms with Gasteiger partial charge in [-0.2, -0.15) is 0 Å². The summed E-state index contributed by atoms with van der Waals surface area (Å²) < 4.78 is 15.6. The molecule has 1 aromatic carbocycles. The summed E-state index contributed by atoms with van der Waals surface area (Å²) in [5.74, 6) is 0.0385. The Hall–Kier alpha value is -2.12. The highest BCUT2D eigenvalue weighted by Gasteiger charge is 2.16. The summed E-state index contributed by atoms with van der Waals surface area (Å²) in [5, 5.41) is 8.74. The molecule has 1 aromatic rings. The molecule has 0 aliphatic heterocycles. The zero-order chi connectivity index (χ0) is 19.2. The Bertz CT molecular complexity index is 531. The lowest BCUT2D eigenvalue weighted by molar-refractivity contribution is -0.144. The molecule has 1 rings (SSSR count). The second-order valence-corrected chi connectivity index (χ2v) is 5.56. The number of esters is 1. The summed E-state index contributed by atoms with van der Waals surface area (Å²) in [6.45, 7) is 4.96. The Morgan fingerprint density at radius 3 is 2.42 bits per heavy atom. The van der Waals surface area contributed by atoms with Crippen LogP contribution in [0.1, 0.15) is 25.8 Å². The average Bonchev–Trinajstić information content (AvgIpc) is 2.66. The van der Waals surface area contributed by atoms with Crippen LogP contribution < -0.4 is 4.74 Å². The van der Waals surface area contributed by atoms with Gasteiger partial charge in [0.05, 0.1) is 32.8 Å². The van der Waals surface area contributed by atoms with Crippen molar-refractivity contribution in [2.75, 3.05) is 46.1 Å². The summed E-state index contributed by atoms with van der Waals surface area (Å²) in [5.41, 5.74) is 1.20. The SMILES string of the molecule is CCOC(=O)CCN(CCOCCO)C(=O)COc1ccc(CC)cc1. The molecule has 1 N–H and O–H groups in total. The van der Waals surface area contributed by atoms with Gasteiger partial charge < -0.3 is 24.2 Å². The standard InChI is InChI=1S/C19H29NO6/c1-3-16-5-7-17(8-6-16)26-15-18(22)20(11-13-24-14-12-21)10-9-19(23)25-4-2/h5-8,21H,3-4,9-15H2,1-2H3. The molecule has 7 heteroatoms. The molecule has 0 saturated carbocycles. The van der Waals surface area contributed by atoms with Crippen LogP contribution in [-0.2, 0) is 25.5 Å². The van der Waals surface area contributed by atoms with Gasteiger partial charge in [-0.05, 0) is 31.0 Å². The van der Waals surface area contributed by atoms with Gasteiger partial charge >= 0.3 is 5.97 Å². The highest BCUT2D eigenvalue weighted by Crippen LogP contribution is 2.12. The molecular weight excluding hydrogens is 338 g/mol. The number of benzene rings is 1. The molecule has 0 aromatic heterocycles. The number of hydrogen-bond acceptors (Lipinski definition) is 6. The predicted molar refractivity (Wildman–Crippen MR) is 97.0 cm³/mol. The van der Waals surface area contributed by atoms with Gasteiger partial charge in [0, 0.05) is 13.1 Å². The zero-order valence-electron chi connectivity index (χ0n) is 15.6. The van der Waals surface area contributed by atoms with Crippen molar-refractivity contribution in [2.45, 2.75) is 26.7 Å². The molecule has 0 spiro atoms. The van der Waals surface area contributed by atoms with E-state index in [2.05, 4.69) is 6.92 Å². The topological polar surface area (TPSA) is 85.3 Å². The lowest BCUT2D eigenvalue weighted by Gasteiger charge is -2.22. The van der Waals surface area contributed by atoms with E-state index in [1.165, 1.54) is 10.5 Å². The second-order valence-electron chi connectivity index (χ2n) is 5.56. The first-order valence-electron chi connectivity index (χ1n) is 8.94. The van der Waals surface area contributed by atoms with E-state index in [0.717, 1.165) is 6.42 Å². The number of hydrogen-bond donors (Lipinski definition) is 1. The van der Waals surface area contributed by atoms with Crippen LogP contribution in [0.5, 0.6) is 5.75 Å². The van der Waals surface area contributed by atoms with Crippen molar-refractivity contribution in [2.24, 2.45) is 0 Å². The fraction of sp³-hybridized carbons (Fsp3) is 0.579. The van der Waals surface area contributed by atoms with E-state index in [-0.39, 0.29) is 51.3 Å². The first-order valence-corrected chi connectivity index (χ1v) is 8.94. The van der Waals surface area contributed by atoms with Crippen molar-refractivity contribution in [3.05, 3.63) is 29.8 Å². The molecule has 0 radical (unpaired) electrons. The molecule has 0 atom stereocenters. The maximum Gasteiger partial charge on any atom is 0.307 e. The normalized spacial score (nSPS) is 10.4. The highest BCUT2D eigenvalue weighted by atomic mass is 16.5. The molecule has 0 fully saturated rings. The molecule has 26 heavy (non-hydrogen) atoms. The van der Waals surface area contributed by atoms with Crippen molar-refractivity contribution in [1.82, 2.24) is 4.90 Å². The number of rotatable bonds is 13. The van der Waals surface area contributed by atoms with Gasteiger partial charge in [-0.25, -0.2) is 0 Å². The summed E-state index contributed by atoms with van der Waals surface area (Å²) in [7, 11) is 0. The Labute approximate surface area is 154 Å². The third-order valence-corrected chi connectivity index (χ3v) is 3.68. The van der Waals surface area contributed by atoms with E-state index in [9.17, 15) is 9.59 Å². The molecule has 0 bridgehead atoms. The Kier molecular flexibility index (Phi) is 11.1. The number of amides is 1. The zero-order valence-corrected chi connectivity index (χ0v) is 15.6. The Morgan fingerprint density at radius 1 is 1.08 bits per heavy atom. The van der Waals surface area contributed by atoms with Crippen LogP contribution in [0.4, 0.5) is 0 Å². The Morgan fingerprint density at radius 2 is 1.81 bits per heavy atom. The molecule has 0 aliphatic rings. The molecule has 7 nitrogen and oxygen atoms in total. The maximum atomic E-state index is 12.4. The van der Waals surface area contributed by atoms with Crippen LogP contribution in [0, 0.1) is 0 Å². The van der Waals surface area contributed by atoms with Crippen LogP contribution >= 0.6 is 0 Å². The van der Waals surface area contributed by atoms with Crippen LogP contribution in [0.15, 0.2) is 24.3 Å². The van der Waals surface area contributed by atoms with Gasteiger partial charge in [-0.3, -0.25) is 9.59 Å². The van der Waals surface area contributed by atoms with Gasteiger partial charge in [0.2, 0.25) is 0 Å². The van der Waals surface area contributed by atoms with Gasteiger partial charge in [0.25, 0.3) is 5.91 Å². The fourth-order valence-corrected chi connectivity index (χ4v) is 2.22. The van der Waals surface area contributed by atoms with Gasteiger partial charge in [0.15, 0.2) is 6.61 Å². The molecule has 0 saturated heterocycles. The first-order chi connectivity index (χ1) is 12.6. The molecule has 0 unspecified atom stereocenters. The minimum absolute atomic E-state index is 0.0758. The Balaban J connectivity index is 2.52. The van der Waals surface area contributed by atoms with Gasteiger partial charge in [-0.1, -0.05) is 19.1 Å². The number of aliphatic hydroxyl groups is 1. The lowest BCUT2D eigenvalue weighted by atomic mass is 10.2. The summed E-state index contributed by atoms with van der Waals surface area (Å²) in [4.78, 5) is 25.5. The van der Waals surface area contributed by atoms with Crippen molar-refractivity contribution < 1.29 is 28.9 Å². The summed E-state index contributed by atoms with van der Waals surface area (Å²) in [6, 6.07) is 7.58. The van der Waals surface area contributed by atoms with Crippen LogP contribution in [0.25, 0.3) is 0 Å². The highest BCUT2D eigenvalue weighted by molar-refractivity contribution is 5.78. The van der Waals surface area contributed by atoms with Crippen molar-refractivity contribution in [1.29, 1.82) is 0 Å². The third kappa shape index (κ3) is 8.82. The molecule has 0 aliphatic carbocycles. The number of ether oxygens (including phenoxy) is 3. The molecular formula is C19H29NO6. The molecule has 1 amide bonds. The minimum atomic E-state index is -0.349. The van der Waals surface area contributed by atoms with E-state index in [1.54, 1.807) is 6.92 Å². The van der Waals surface area contributed by atoms with E-state index in [0.29, 0.717) is 18.9 Å². The van der Waals surface area contributed by atoms with Crippen LogP contribution in [0.2, 0.25) is 0 Å². The first kappa shape index (κ1) is 21.9. The maximum absolute atomic E-state index is 12.4. The van der Waals surface area contributed by atoms with E-state index >= 15 is 0 Å². The van der Waals surface area contributed by atoms with Gasteiger partial charge in [-0.15, -0.1) is 0 Å². The minimum Gasteiger partial charge on any atom is -0.484 e. The lowest BCUT2D eigenvalue weighted by Crippen LogP contribution is -2.39. The van der Waals surface area contributed by atoms with Crippen molar-refractivity contribution in [3.63, 3.8) is 0 Å². The van der Waals surface area contributed by atoms with Gasteiger partial charge in [0.1, 0.15) is 5.75 Å². The third-order valence-electron chi connectivity index (χ3n) is 3.68. The second kappa shape index (κ2) is 13.1. The quantitative estimate of drug-likeness (QED) is 0.419. The van der Waals surface area contributed by atoms with E-state index in [1.807, 2.05) is 24.3 Å². The average molecular weight is 367 g/mol. The van der Waals surface area contributed by atoms with E-state index in [4.69, 9.17) is 19.3 Å². The van der Waals surface area contributed by atoms with Crippen LogP contribution in [-0.4, -0.2) is 68.0 Å².